The molecule has 0 saturated carbocycles. The van der Waals surface area contributed by atoms with Gasteiger partial charge in [0, 0.05) is 54.4 Å². The van der Waals surface area contributed by atoms with Crippen LogP contribution in [0.2, 0.25) is 0 Å². The van der Waals surface area contributed by atoms with Gasteiger partial charge in [0.1, 0.15) is 6.54 Å². The number of rotatable bonds is 9. The van der Waals surface area contributed by atoms with Crippen LogP contribution < -0.4 is 10.6 Å². The molecule has 3 amide bonds. The predicted octanol–water partition coefficient (Wildman–Crippen LogP) is 4.42. The van der Waals surface area contributed by atoms with Crippen molar-refractivity contribution in [1.29, 1.82) is 0 Å². The minimum atomic E-state index is -0.203. The molecular weight excluding hydrogens is 440 g/mol. The zero-order chi connectivity index (χ0) is 24.8. The zero-order valence-electron chi connectivity index (χ0n) is 20.1. The van der Waals surface area contributed by atoms with Crippen LogP contribution in [-0.4, -0.2) is 46.8 Å². The van der Waals surface area contributed by atoms with Crippen molar-refractivity contribution in [1.82, 2.24) is 14.8 Å². The van der Waals surface area contributed by atoms with E-state index in [1.807, 2.05) is 85.3 Å². The van der Waals surface area contributed by atoms with E-state index in [0.29, 0.717) is 24.3 Å². The highest BCUT2D eigenvalue weighted by molar-refractivity contribution is 5.99. The lowest BCUT2D eigenvalue weighted by molar-refractivity contribution is -0.131. The molecule has 35 heavy (non-hydrogen) atoms. The van der Waals surface area contributed by atoms with Crippen LogP contribution in [0.25, 0.3) is 21.7 Å². The molecule has 1 aromatic heterocycles. The first-order valence-corrected chi connectivity index (χ1v) is 11.9. The summed E-state index contributed by atoms with van der Waals surface area (Å²) in [6, 6.07) is 21.0. The molecule has 0 atom stereocenters. The molecule has 0 fully saturated rings. The first kappa shape index (κ1) is 24.0. The Balaban J connectivity index is 1.30. The number of amides is 3. The van der Waals surface area contributed by atoms with Gasteiger partial charge in [-0.25, -0.2) is 0 Å². The van der Waals surface area contributed by atoms with Crippen molar-refractivity contribution in [2.75, 3.05) is 25.0 Å². The number of carbonyl (C=O) groups is 3. The number of nitrogens with zero attached hydrogens (tertiary/aromatic N) is 2. The number of fused-ring (bicyclic) bond motifs is 2. The Labute approximate surface area is 204 Å². The molecule has 3 aromatic carbocycles. The lowest BCUT2D eigenvalue weighted by Gasteiger charge is -2.19. The SMILES string of the molecule is CCN(CC)C(=O)Cn1ccc2cc(NC(=O)CCNC(=O)c3ccc4ccccc4c3)ccc21. The largest absolute Gasteiger partial charge is 0.352 e. The van der Waals surface area contributed by atoms with Gasteiger partial charge in [0.05, 0.1) is 0 Å². The lowest BCUT2D eigenvalue weighted by Crippen LogP contribution is -2.33. The van der Waals surface area contributed by atoms with Gasteiger partial charge in [-0.3, -0.25) is 14.4 Å². The van der Waals surface area contributed by atoms with Crippen LogP contribution >= 0.6 is 0 Å². The number of likely N-dealkylation sites (N-methyl/N-ethyl adjacent to an activating group) is 1. The fraction of sp³-hybridized carbons (Fsp3) is 0.250. The lowest BCUT2D eigenvalue weighted by atomic mass is 10.1. The third-order valence-corrected chi connectivity index (χ3v) is 6.13. The van der Waals surface area contributed by atoms with Crippen molar-refractivity contribution >= 4 is 45.1 Å². The monoisotopic (exact) mass is 470 g/mol. The van der Waals surface area contributed by atoms with Crippen LogP contribution in [0.1, 0.15) is 30.6 Å². The highest BCUT2D eigenvalue weighted by atomic mass is 16.2. The Bertz CT molecular complexity index is 1370. The minimum Gasteiger partial charge on any atom is -0.352 e. The standard InChI is InChI=1S/C28H30N4O3/c1-3-31(4-2)27(34)19-32-16-14-22-18-24(11-12-25(22)32)30-26(33)13-15-29-28(35)23-10-9-20-7-5-6-8-21(20)17-23/h5-12,14,16-18H,3-4,13,15,19H2,1-2H3,(H,29,35)(H,30,33). The maximum atomic E-state index is 12.5. The van der Waals surface area contributed by atoms with Crippen molar-refractivity contribution in [2.24, 2.45) is 0 Å². The van der Waals surface area contributed by atoms with Gasteiger partial charge in [0.2, 0.25) is 11.8 Å². The molecular formula is C28H30N4O3. The van der Waals surface area contributed by atoms with E-state index >= 15 is 0 Å². The zero-order valence-corrected chi connectivity index (χ0v) is 20.1. The molecule has 1 heterocycles. The molecule has 0 unspecified atom stereocenters. The van der Waals surface area contributed by atoms with E-state index in [2.05, 4.69) is 10.6 Å². The summed E-state index contributed by atoms with van der Waals surface area (Å²) in [5, 5.41) is 8.71. The van der Waals surface area contributed by atoms with Gasteiger partial charge in [-0.15, -0.1) is 0 Å². The van der Waals surface area contributed by atoms with Crippen LogP contribution in [0.15, 0.2) is 72.9 Å². The van der Waals surface area contributed by atoms with Gasteiger partial charge in [0.25, 0.3) is 5.91 Å². The van der Waals surface area contributed by atoms with Crippen molar-refractivity contribution in [2.45, 2.75) is 26.8 Å². The molecule has 4 aromatic rings. The van der Waals surface area contributed by atoms with Crippen LogP contribution in [0.4, 0.5) is 5.69 Å². The molecule has 0 radical (unpaired) electrons. The molecule has 0 aliphatic carbocycles. The second kappa shape index (κ2) is 10.9. The highest BCUT2D eigenvalue weighted by Gasteiger charge is 2.13. The van der Waals surface area contributed by atoms with E-state index < -0.39 is 0 Å². The Hall–Kier alpha value is -4.13. The van der Waals surface area contributed by atoms with E-state index in [1.54, 1.807) is 11.0 Å². The predicted molar refractivity (Wildman–Crippen MR) is 139 cm³/mol. The molecule has 180 valence electrons. The number of nitrogens with one attached hydrogen (secondary N) is 2. The maximum absolute atomic E-state index is 12.5. The first-order chi connectivity index (χ1) is 17.0. The number of hydrogen-bond acceptors (Lipinski definition) is 3. The third kappa shape index (κ3) is 5.69. The van der Waals surface area contributed by atoms with Gasteiger partial charge in [-0.1, -0.05) is 30.3 Å². The summed E-state index contributed by atoms with van der Waals surface area (Å²) in [5.41, 5.74) is 2.18. The second-order valence-electron chi connectivity index (χ2n) is 8.40. The van der Waals surface area contributed by atoms with Gasteiger partial charge in [-0.2, -0.15) is 0 Å². The second-order valence-corrected chi connectivity index (χ2v) is 8.40. The molecule has 7 heteroatoms. The average molecular weight is 471 g/mol. The molecule has 0 aliphatic heterocycles. The summed E-state index contributed by atoms with van der Waals surface area (Å²) < 4.78 is 1.92. The van der Waals surface area contributed by atoms with E-state index in [-0.39, 0.29) is 37.2 Å². The number of carbonyl (C=O) groups excluding carboxylic acids is 3. The molecule has 0 aliphatic rings. The number of aromatic nitrogens is 1. The van der Waals surface area contributed by atoms with Crippen molar-refractivity contribution in [3.63, 3.8) is 0 Å². The number of benzene rings is 3. The maximum Gasteiger partial charge on any atom is 0.251 e. The summed E-state index contributed by atoms with van der Waals surface area (Å²) in [4.78, 5) is 39.1. The van der Waals surface area contributed by atoms with Gasteiger partial charge >= 0.3 is 0 Å². The van der Waals surface area contributed by atoms with Gasteiger partial charge in [-0.05, 0) is 61.0 Å². The van der Waals surface area contributed by atoms with Crippen molar-refractivity contribution < 1.29 is 14.4 Å². The van der Waals surface area contributed by atoms with Crippen molar-refractivity contribution in [3.8, 4) is 0 Å². The normalized spacial score (nSPS) is 10.9. The third-order valence-electron chi connectivity index (χ3n) is 6.13. The average Bonchev–Trinajstić information content (AvgIpc) is 3.26. The summed E-state index contributed by atoms with van der Waals surface area (Å²) in [7, 11) is 0. The minimum absolute atomic E-state index is 0.0793. The highest BCUT2D eigenvalue weighted by Crippen LogP contribution is 2.21. The molecule has 0 saturated heterocycles. The van der Waals surface area contributed by atoms with E-state index in [9.17, 15) is 14.4 Å². The molecule has 7 nitrogen and oxygen atoms in total. The van der Waals surface area contributed by atoms with Gasteiger partial charge in [0.15, 0.2) is 0 Å². The van der Waals surface area contributed by atoms with Crippen LogP contribution in [0.5, 0.6) is 0 Å². The van der Waals surface area contributed by atoms with E-state index in [0.717, 1.165) is 21.7 Å². The van der Waals surface area contributed by atoms with E-state index in [4.69, 9.17) is 0 Å². The smallest absolute Gasteiger partial charge is 0.251 e. The summed E-state index contributed by atoms with van der Waals surface area (Å²) in [5.74, 6) is -0.305. The number of hydrogen-bond donors (Lipinski definition) is 2. The fourth-order valence-corrected chi connectivity index (χ4v) is 4.18. The number of anilines is 1. The quantitative estimate of drug-likeness (QED) is 0.380. The first-order valence-electron chi connectivity index (χ1n) is 11.9. The molecule has 4 rings (SSSR count). The molecule has 2 N–H and O–H groups in total. The Morgan fingerprint density at radius 2 is 1.63 bits per heavy atom. The van der Waals surface area contributed by atoms with Gasteiger partial charge < -0.3 is 20.1 Å². The topological polar surface area (TPSA) is 83.4 Å². The fourth-order valence-electron chi connectivity index (χ4n) is 4.18. The summed E-state index contributed by atoms with van der Waals surface area (Å²) in [6.07, 6.45) is 2.05. The summed E-state index contributed by atoms with van der Waals surface area (Å²) in [6.45, 7) is 5.84. The summed E-state index contributed by atoms with van der Waals surface area (Å²) >= 11 is 0. The Morgan fingerprint density at radius 1 is 0.857 bits per heavy atom. The molecule has 0 spiro atoms. The Kier molecular flexibility index (Phi) is 7.45. The Morgan fingerprint density at radius 3 is 2.40 bits per heavy atom. The molecule has 0 bridgehead atoms. The van der Waals surface area contributed by atoms with E-state index in [1.165, 1.54) is 0 Å². The van der Waals surface area contributed by atoms with Crippen molar-refractivity contribution in [3.05, 3.63) is 78.5 Å². The van der Waals surface area contributed by atoms with Crippen LogP contribution in [0.3, 0.4) is 0 Å². The van der Waals surface area contributed by atoms with Crippen LogP contribution in [-0.2, 0) is 16.1 Å². The van der Waals surface area contributed by atoms with Crippen LogP contribution in [0, 0.1) is 0 Å².